The van der Waals surface area contributed by atoms with Gasteiger partial charge in [-0.05, 0) is 13.3 Å². The molecule has 10 heavy (non-hydrogen) atoms. The summed E-state index contributed by atoms with van der Waals surface area (Å²) in [4.78, 5) is 1.34. The van der Waals surface area contributed by atoms with Crippen molar-refractivity contribution in [1.82, 2.24) is 0 Å². The van der Waals surface area contributed by atoms with E-state index in [9.17, 15) is 0 Å². The Labute approximate surface area is 66.1 Å². The average Bonchev–Trinajstić information content (AvgIpc) is 2.41. The molecule has 0 fully saturated rings. The maximum Gasteiger partial charge on any atom is 0.0966 e. The molecule has 0 bridgehead atoms. The molecule has 0 aromatic carbocycles. The van der Waals surface area contributed by atoms with Crippen molar-refractivity contribution < 1.29 is 4.74 Å². The summed E-state index contributed by atoms with van der Waals surface area (Å²) in [7, 11) is 0. The number of hydrogen-bond donors (Lipinski definition) is 0. The van der Waals surface area contributed by atoms with Crippen molar-refractivity contribution in [2.24, 2.45) is 0 Å². The fourth-order valence-electron chi connectivity index (χ4n) is 0.737. The van der Waals surface area contributed by atoms with Crippen molar-refractivity contribution in [1.29, 1.82) is 0 Å². The van der Waals surface area contributed by atoms with E-state index in [0.29, 0.717) is 0 Å². The van der Waals surface area contributed by atoms with Crippen molar-refractivity contribution in [2.75, 3.05) is 12.5 Å². The Bertz CT molecular complexity index is 149. The fraction of sp³-hybridized carbons (Fsp3) is 0.500. The summed E-state index contributed by atoms with van der Waals surface area (Å²) >= 11 is 1.76. The highest BCUT2D eigenvalue weighted by atomic mass is 32.2. The molecular formula is C8H12OS. The number of ether oxygens (including phenoxy) is 1. The first-order chi connectivity index (χ1) is 4.93. The van der Waals surface area contributed by atoms with E-state index < -0.39 is 0 Å². The van der Waals surface area contributed by atoms with Crippen molar-refractivity contribution in [2.45, 2.75) is 13.3 Å². The van der Waals surface area contributed by atoms with Gasteiger partial charge in [0.25, 0.3) is 0 Å². The van der Waals surface area contributed by atoms with Crippen molar-refractivity contribution in [3.05, 3.63) is 23.1 Å². The van der Waals surface area contributed by atoms with Gasteiger partial charge in [-0.3, -0.25) is 0 Å². The third-order valence-corrected chi connectivity index (χ3v) is 2.17. The molecule has 0 heterocycles. The van der Waals surface area contributed by atoms with E-state index in [0.717, 1.165) is 19.0 Å². The Morgan fingerprint density at radius 3 is 3.20 bits per heavy atom. The zero-order valence-corrected chi connectivity index (χ0v) is 6.99. The predicted molar refractivity (Wildman–Crippen MR) is 45.9 cm³/mol. The minimum absolute atomic E-state index is 0.784. The normalized spacial score (nSPS) is 15.9. The summed E-state index contributed by atoms with van der Waals surface area (Å²) in [6.45, 7) is 2.82. The molecule has 0 aromatic rings. The van der Waals surface area contributed by atoms with Crippen molar-refractivity contribution >= 4 is 11.8 Å². The van der Waals surface area contributed by atoms with Crippen LogP contribution < -0.4 is 0 Å². The summed E-state index contributed by atoms with van der Waals surface area (Å²) in [5.74, 6) is 0.784. The van der Waals surface area contributed by atoms with E-state index in [2.05, 4.69) is 18.2 Å². The molecule has 0 N–H and O–H groups in total. The Morgan fingerprint density at radius 1 is 1.70 bits per heavy atom. The van der Waals surface area contributed by atoms with Crippen LogP contribution in [-0.2, 0) is 4.74 Å². The topological polar surface area (TPSA) is 9.23 Å². The van der Waals surface area contributed by atoms with Crippen LogP contribution >= 0.6 is 11.8 Å². The largest absolute Gasteiger partial charge is 0.371 e. The van der Waals surface area contributed by atoms with Gasteiger partial charge in [-0.2, -0.15) is 0 Å². The lowest BCUT2D eigenvalue weighted by atomic mass is 10.5. The second kappa shape index (κ2) is 4.58. The lowest BCUT2D eigenvalue weighted by Gasteiger charge is -1.98. The maximum atomic E-state index is 5.18. The van der Waals surface area contributed by atoms with E-state index in [-0.39, 0.29) is 0 Å². The predicted octanol–water partition coefficient (Wildman–Crippen LogP) is 2.56. The Morgan fingerprint density at radius 2 is 2.60 bits per heavy atom. The van der Waals surface area contributed by atoms with Crippen LogP contribution in [-0.4, -0.2) is 12.5 Å². The molecule has 1 aliphatic rings. The van der Waals surface area contributed by atoms with Gasteiger partial charge in [-0.1, -0.05) is 30.0 Å². The van der Waals surface area contributed by atoms with Crippen LogP contribution in [0.4, 0.5) is 0 Å². The van der Waals surface area contributed by atoms with E-state index in [4.69, 9.17) is 4.74 Å². The van der Waals surface area contributed by atoms with Crippen LogP contribution in [0.2, 0.25) is 0 Å². The van der Waals surface area contributed by atoms with Gasteiger partial charge in [0.05, 0.1) is 5.94 Å². The summed E-state index contributed by atoms with van der Waals surface area (Å²) in [5.41, 5.74) is 0. The van der Waals surface area contributed by atoms with Gasteiger partial charge in [0.15, 0.2) is 0 Å². The summed E-state index contributed by atoms with van der Waals surface area (Å²) in [5, 5.41) is 0. The second-order valence-electron chi connectivity index (χ2n) is 2.00. The lowest BCUT2D eigenvalue weighted by Crippen LogP contribution is -1.87. The van der Waals surface area contributed by atoms with Crippen LogP contribution in [0.15, 0.2) is 23.1 Å². The highest BCUT2D eigenvalue weighted by Gasteiger charge is 1.96. The van der Waals surface area contributed by atoms with Crippen LogP contribution in [0.25, 0.3) is 0 Å². The first kappa shape index (κ1) is 7.89. The maximum absolute atomic E-state index is 5.18. The summed E-state index contributed by atoms with van der Waals surface area (Å²) < 4.78 is 5.18. The molecule has 0 saturated heterocycles. The number of hydrogen-bond acceptors (Lipinski definition) is 2. The molecule has 0 aromatic heterocycles. The first-order valence-electron chi connectivity index (χ1n) is 3.50. The minimum atomic E-state index is 0.784. The third-order valence-electron chi connectivity index (χ3n) is 1.25. The summed E-state index contributed by atoms with van der Waals surface area (Å²) in [6, 6.07) is 0. The standard InChI is InChI=1S/C8H12OS/c1-2-9-7-10-8-5-3-4-6-8/h3,5-6H,2,4,7H2,1H3. The average molecular weight is 156 g/mol. The molecule has 1 nitrogen and oxygen atoms in total. The van der Waals surface area contributed by atoms with Gasteiger partial charge in [0.2, 0.25) is 0 Å². The summed E-state index contributed by atoms with van der Waals surface area (Å²) in [6.07, 6.45) is 7.61. The molecule has 0 spiro atoms. The van der Waals surface area contributed by atoms with Gasteiger partial charge >= 0.3 is 0 Å². The molecule has 1 rings (SSSR count). The molecule has 2 heteroatoms. The Kier molecular flexibility index (Phi) is 3.62. The highest BCUT2D eigenvalue weighted by molar-refractivity contribution is 8.03. The Balaban J connectivity index is 2.08. The number of allylic oxidation sites excluding steroid dienone is 3. The zero-order valence-electron chi connectivity index (χ0n) is 6.17. The molecule has 0 unspecified atom stereocenters. The van der Waals surface area contributed by atoms with Crippen LogP contribution in [0.3, 0.4) is 0 Å². The molecule has 0 saturated carbocycles. The molecule has 56 valence electrons. The minimum Gasteiger partial charge on any atom is -0.371 e. The fourth-order valence-corrected chi connectivity index (χ4v) is 1.53. The zero-order chi connectivity index (χ0) is 7.23. The van der Waals surface area contributed by atoms with Gasteiger partial charge in [-0.25, -0.2) is 0 Å². The van der Waals surface area contributed by atoms with Gasteiger partial charge in [0, 0.05) is 11.5 Å². The van der Waals surface area contributed by atoms with E-state index in [1.807, 2.05) is 6.92 Å². The molecule has 0 amide bonds. The molecule has 0 radical (unpaired) electrons. The molecule has 0 aliphatic heterocycles. The Hall–Kier alpha value is -0.210. The molecule has 0 atom stereocenters. The first-order valence-corrected chi connectivity index (χ1v) is 4.49. The molecular weight excluding hydrogens is 144 g/mol. The number of thioether (sulfide) groups is 1. The van der Waals surface area contributed by atoms with E-state index >= 15 is 0 Å². The third kappa shape index (κ3) is 2.58. The van der Waals surface area contributed by atoms with Crippen LogP contribution in [0, 0.1) is 0 Å². The lowest BCUT2D eigenvalue weighted by molar-refractivity contribution is 0.199. The quantitative estimate of drug-likeness (QED) is 0.457. The van der Waals surface area contributed by atoms with E-state index in [1.54, 1.807) is 11.8 Å². The van der Waals surface area contributed by atoms with Crippen molar-refractivity contribution in [3.8, 4) is 0 Å². The van der Waals surface area contributed by atoms with Crippen LogP contribution in [0.1, 0.15) is 13.3 Å². The van der Waals surface area contributed by atoms with E-state index in [1.165, 1.54) is 4.91 Å². The molecule has 1 aliphatic carbocycles. The monoisotopic (exact) mass is 156 g/mol. The van der Waals surface area contributed by atoms with Crippen molar-refractivity contribution in [3.63, 3.8) is 0 Å². The smallest absolute Gasteiger partial charge is 0.0966 e. The van der Waals surface area contributed by atoms with Gasteiger partial charge in [0.1, 0.15) is 0 Å². The number of rotatable bonds is 4. The van der Waals surface area contributed by atoms with Gasteiger partial charge < -0.3 is 4.74 Å². The van der Waals surface area contributed by atoms with Gasteiger partial charge in [-0.15, -0.1) is 0 Å². The second-order valence-corrected chi connectivity index (χ2v) is 3.00. The highest BCUT2D eigenvalue weighted by Crippen LogP contribution is 2.21. The SMILES string of the molecule is CCOCSC1=CCC=C1. The van der Waals surface area contributed by atoms with Crippen LogP contribution in [0.5, 0.6) is 0 Å².